The van der Waals surface area contributed by atoms with Crippen LogP contribution in [-0.4, -0.2) is 54.2 Å². The van der Waals surface area contributed by atoms with Crippen LogP contribution in [0.15, 0.2) is 30.4 Å². The van der Waals surface area contributed by atoms with Crippen molar-refractivity contribution in [3.63, 3.8) is 0 Å². The van der Waals surface area contributed by atoms with Crippen LogP contribution < -0.4 is 14.8 Å². The number of rotatable bonds is 9. The van der Waals surface area contributed by atoms with Crippen LogP contribution in [0, 0.1) is 0 Å². The number of nitrogens with zero attached hydrogens (tertiary/aromatic N) is 1. The Morgan fingerprint density at radius 1 is 1.27 bits per heavy atom. The van der Waals surface area contributed by atoms with Crippen LogP contribution in [0.3, 0.4) is 0 Å². The van der Waals surface area contributed by atoms with Crippen molar-refractivity contribution in [3.8, 4) is 11.5 Å². The monoisotopic (exact) mass is 452 g/mol. The normalized spacial score (nSPS) is 15.1. The molecule has 0 saturated carbocycles. The van der Waals surface area contributed by atoms with Crippen LogP contribution in [-0.2, 0) is 19.1 Å². The van der Waals surface area contributed by atoms with Crippen LogP contribution in [0.2, 0.25) is 5.02 Å². The van der Waals surface area contributed by atoms with Crippen molar-refractivity contribution in [2.24, 2.45) is 0 Å². The molecule has 1 aliphatic rings. The average Bonchev–Trinajstić information content (AvgIpc) is 2.68. The molecule has 1 aromatic rings. The van der Waals surface area contributed by atoms with Gasteiger partial charge in [0.15, 0.2) is 23.2 Å². The highest BCUT2D eigenvalue weighted by atomic mass is 35.5. The van der Waals surface area contributed by atoms with Gasteiger partial charge in [-0.2, -0.15) is 0 Å². The number of hydrogen-bond acceptors (Lipinski definition) is 7. The second-order valence-corrected chi connectivity index (χ2v) is 6.67. The topological polar surface area (TPSA) is 94.2 Å². The van der Waals surface area contributed by atoms with Gasteiger partial charge < -0.3 is 14.2 Å². The number of carbonyl (C=O) groups excluding carboxylic acids is 3. The fourth-order valence-electron chi connectivity index (χ4n) is 2.56. The van der Waals surface area contributed by atoms with E-state index in [0.717, 1.165) is 0 Å². The molecule has 0 atom stereocenters. The van der Waals surface area contributed by atoms with Crippen LogP contribution in [0.4, 0.5) is 0 Å². The fraction of sp³-hybridized carbons (Fsp3) is 0.300. The van der Waals surface area contributed by atoms with Gasteiger partial charge in [-0.15, -0.1) is 6.58 Å². The smallest absolute Gasteiger partial charge is 0.344 e. The Kier molecular flexibility index (Phi) is 8.37. The molecule has 1 heterocycles. The number of esters is 1. The maximum Gasteiger partial charge on any atom is 0.344 e. The number of ether oxygens (including phenoxy) is 3. The molecule has 0 bridgehead atoms. The van der Waals surface area contributed by atoms with Crippen molar-refractivity contribution in [3.05, 3.63) is 40.9 Å². The van der Waals surface area contributed by atoms with E-state index in [9.17, 15) is 14.4 Å². The molecule has 10 heteroatoms. The number of benzene rings is 1. The molecule has 30 heavy (non-hydrogen) atoms. The first kappa shape index (κ1) is 23.4. The Hall–Kier alpha value is -2.91. The van der Waals surface area contributed by atoms with Crippen molar-refractivity contribution in [2.75, 3.05) is 26.4 Å². The predicted octanol–water partition coefficient (Wildman–Crippen LogP) is 2.49. The summed E-state index contributed by atoms with van der Waals surface area (Å²) in [6, 6.07) is 3.04. The molecule has 1 N–H and O–H groups in total. The molecule has 0 aromatic heterocycles. The minimum atomic E-state index is -0.623. The van der Waals surface area contributed by atoms with E-state index in [2.05, 4.69) is 11.9 Å². The van der Waals surface area contributed by atoms with Gasteiger partial charge in [-0.05, 0) is 49.8 Å². The average molecular weight is 453 g/mol. The highest BCUT2D eigenvalue weighted by molar-refractivity contribution is 7.80. The first-order valence-corrected chi connectivity index (χ1v) is 9.85. The summed E-state index contributed by atoms with van der Waals surface area (Å²) in [6.45, 7) is 7.36. The molecule has 160 valence electrons. The standard InChI is InChI=1S/C20H21ClN2O6S/c1-4-7-23-19(26)13(18(25)22-20(23)30)8-12-9-14(21)17(15(10-12)27-5-2)29-11-16(24)28-6-3/h4,8-10H,1,5-7,11H2,2-3H3,(H,22,25,30)/b13-8+. The zero-order valence-electron chi connectivity index (χ0n) is 16.5. The zero-order valence-corrected chi connectivity index (χ0v) is 18.1. The molecule has 0 spiro atoms. The quantitative estimate of drug-likeness (QED) is 0.202. The third kappa shape index (κ3) is 5.58. The van der Waals surface area contributed by atoms with Gasteiger partial charge in [-0.1, -0.05) is 17.7 Å². The minimum absolute atomic E-state index is 0.0119. The third-order valence-corrected chi connectivity index (χ3v) is 4.38. The lowest BCUT2D eigenvalue weighted by molar-refractivity contribution is -0.145. The van der Waals surface area contributed by atoms with E-state index < -0.39 is 17.8 Å². The maximum atomic E-state index is 12.7. The first-order chi connectivity index (χ1) is 14.3. The summed E-state index contributed by atoms with van der Waals surface area (Å²) in [5.74, 6) is -1.32. The highest BCUT2D eigenvalue weighted by Gasteiger charge is 2.32. The minimum Gasteiger partial charge on any atom is -0.490 e. The molecular formula is C20H21ClN2O6S. The highest BCUT2D eigenvalue weighted by Crippen LogP contribution is 2.37. The number of halogens is 1. The molecule has 8 nitrogen and oxygen atoms in total. The first-order valence-electron chi connectivity index (χ1n) is 9.06. The summed E-state index contributed by atoms with van der Waals surface area (Å²) in [6.07, 6.45) is 2.87. The molecule has 2 rings (SSSR count). The molecule has 0 unspecified atom stereocenters. The molecule has 1 fully saturated rings. The van der Waals surface area contributed by atoms with Crippen molar-refractivity contribution >= 4 is 52.8 Å². The van der Waals surface area contributed by atoms with E-state index in [-0.39, 0.29) is 47.0 Å². The van der Waals surface area contributed by atoms with Crippen LogP contribution >= 0.6 is 23.8 Å². The maximum absolute atomic E-state index is 12.7. The van der Waals surface area contributed by atoms with E-state index in [4.69, 9.17) is 38.0 Å². The van der Waals surface area contributed by atoms with Crippen LogP contribution in [0.5, 0.6) is 11.5 Å². The second kappa shape index (κ2) is 10.7. The largest absolute Gasteiger partial charge is 0.490 e. The molecular weight excluding hydrogens is 432 g/mol. The van der Waals surface area contributed by atoms with Crippen molar-refractivity contribution in [2.45, 2.75) is 13.8 Å². The van der Waals surface area contributed by atoms with Gasteiger partial charge in [-0.3, -0.25) is 19.8 Å². The predicted molar refractivity (Wildman–Crippen MR) is 115 cm³/mol. The van der Waals surface area contributed by atoms with Crippen molar-refractivity contribution in [1.82, 2.24) is 10.2 Å². The summed E-state index contributed by atoms with van der Waals surface area (Å²) in [7, 11) is 0. The fourth-order valence-corrected chi connectivity index (χ4v) is 3.09. The van der Waals surface area contributed by atoms with Gasteiger partial charge >= 0.3 is 5.97 Å². The van der Waals surface area contributed by atoms with E-state index in [0.29, 0.717) is 12.2 Å². The number of amides is 2. The Bertz CT molecular complexity index is 915. The lowest BCUT2D eigenvalue weighted by Gasteiger charge is -2.27. The molecule has 0 aliphatic carbocycles. The van der Waals surface area contributed by atoms with Crippen LogP contribution in [0.25, 0.3) is 6.08 Å². The number of hydrogen-bond donors (Lipinski definition) is 1. The van der Waals surface area contributed by atoms with Crippen molar-refractivity contribution < 1.29 is 28.6 Å². The Morgan fingerprint density at radius 3 is 2.63 bits per heavy atom. The van der Waals surface area contributed by atoms with Gasteiger partial charge in [-0.25, -0.2) is 4.79 Å². The van der Waals surface area contributed by atoms with E-state index in [1.165, 1.54) is 23.1 Å². The third-order valence-electron chi connectivity index (χ3n) is 3.78. The molecule has 1 aromatic carbocycles. The van der Waals surface area contributed by atoms with E-state index in [1.807, 2.05) is 0 Å². The Morgan fingerprint density at radius 2 is 2.00 bits per heavy atom. The Balaban J connectivity index is 2.38. The lowest BCUT2D eigenvalue weighted by atomic mass is 10.1. The van der Waals surface area contributed by atoms with E-state index in [1.54, 1.807) is 19.9 Å². The lowest BCUT2D eigenvalue weighted by Crippen LogP contribution is -2.53. The molecule has 0 radical (unpaired) electrons. The SMILES string of the molecule is C=CCN1C(=O)/C(=C/c2cc(Cl)c(OCC(=O)OCC)c(OCC)c2)C(=O)NC1=S. The van der Waals surface area contributed by atoms with Gasteiger partial charge in [0.2, 0.25) is 0 Å². The summed E-state index contributed by atoms with van der Waals surface area (Å²) in [5, 5.41) is 2.62. The van der Waals surface area contributed by atoms with Gasteiger partial charge in [0.1, 0.15) is 5.57 Å². The molecule has 2 amide bonds. The van der Waals surface area contributed by atoms with Gasteiger partial charge in [0.25, 0.3) is 11.8 Å². The van der Waals surface area contributed by atoms with E-state index >= 15 is 0 Å². The van der Waals surface area contributed by atoms with Crippen LogP contribution in [0.1, 0.15) is 19.4 Å². The number of carbonyl (C=O) groups is 3. The zero-order chi connectivity index (χ0) is 22.3. The summed E-state index contributed by atoms with van der Waals surface area (Å²) in [4.78, 5) is 37.7. The summed E-state index contributed by atoms with van der Waals surface area (Å²) < 4.78 is 15.8. The van der Waals surface area contributed by atoms with Gasteiger partial charge in [0.05, 0.1) is 18.2 Å². The van der Waals surface area contributed by atoms with Gasteiger partial charge in [0, 0.05) is 6.54 Å². The molecule has 1 saturated heterocycles. The summed E-state index contributed by atoms with van der Waals surface area (Å²) in [5.41, 5.74) is 0.306. The second-order valence-electron chi connectivity index (χ2n) is 5.88. The number of nitrogens with one attached hydrogen (secondary N) is 1. The summed E-state index contributed by atoms with van der Waals surface area (Å²) >= 11 is 11.3. The Labute approximate surface area is 184 Å². The number of thiocarbonyl (C=S) groups is 1. The van der Waals surface area contributed by atoms with Crippen molar-refractivity contribution in [1.29, 1.82) is 0 Å². The molecule has 1 aliphatic heterocycles.